The molecule has 0 saturated heterocycles. The van der Waals surface area contributed by atoms with E-state index in [0.717, 1.165) is 10.0 Å². The van der Waals surface area contributed by atoms with Crippen LogP contribution in [0.2, 0.25) is 0 Å². The number of aromatic nitrogens is 2. The van der Waals surface area contributed by atoms with Crippen LogP contribution >= 0.6 is 15.9 Å². The molecule has 1 amide bonds. The molecule has 0 saturated carbocycles. The predicted octanol–water partition coefficient (Wildman–Crippen LogP) is 2.38. The van der Waals surface area contributed by atoms with Gasteiger partial charge in [0.05, 0.1) is 23.7 Å². The maximum atomic E-state index is 12.0. The van der Waals surface area contributed by atoms with E-state index in [0.29, 0.717) is 16.5 Å². The summed E-state index contributed by atoms with van der Waals surface area (Å²) in [6, 6.07) is 14.6. The zero-order valence-electron chi connectivity index (χ0n) is 12.5. The van der Waals surface area contributed by atoms with Crippen LogP contribution in [-0.2, 0) is 11.2 Å². The summed E-state index contributed by atoms with van der Waals surface area (Å²) in [6.07, 6.45) is 1.58. The number of H-pyrrole nitrogens is 1. The second-order valence-electron chi connectivity index (χ2n) is 5.07. The second kappa shape index (κ2) is 7.18. The molecule has 0 unspecified atom stereocenters. The highest BCUT2D eigenvalue weighted by molar-refractivity contribution is 9.10. The number of halogens is 1. The minimum absolute atomic E-state index is 0.0228. The SMILES string of the molecule is O=C(Cc1n[nH]c(=O)c2ccccc12)N/N=C/c1ccc(Br)cc1. The van der Waals surface area contributed by atoms with Crippen LogP contribution in [0.1, 0.15) is 11.3 Å². The molecular weight excluding hydrogens is 372 g/mol. The van der Waals surface area contributed by atoms with Crippen molar-refractivity contribution in [2.75, 3.05) is 0 Å². The zero-order chi connectivity index (χ0) is 16.9. The van der Waals surface area contributed by atoms with Crippen molar-refractivity contribution in [3.05, 3.63) is 74.6 Å². The van der Waals surface area contributed by atoms with Gasteiger partial charge in [-0.2, -0.15) is 10.2 Å². The van der Waals surface area contributed by atoms with Crippen LogP contribution in [0.25, 0.3) is 10.8 Å². The number of nitrogens with zero attached hydrogens (tertiary/aromatic N) is 2. The van der Waals surface area contributed by atoms with E-state index in [1.54, 1.807) is 30.5 Å². The van der Waals surface area contributed by atoms with Crippen molar-refractivity contribution in [1.29, 1.82) is 0 Å². The molecule has 2 aromatic carbocycles. The Morgan fingerprint density at radius 2 is 1.88 bits per heavy atom. The average Bonchev–Trinajstić information content (AvgIpc) is 2.59. The lowest BCUT2D eigenvalue weighted by Gasteiger charge is -2.03. The third-order valence-electron chi connectivity index (χ3n) is 3.38. The number of hydrogen-bond donors (Lipinski definition) is 2. The summed E-state index contributed by atoms with van der Waals surface area (Å²) in [7, 11) is 0. The van der Waals surface area contributed by atoms with E-state index in [9.17, 15) is 9.59 Å². The molecule has 0 atom stereocenters. The van der Waals surface area contributed by atoms with Crippen molar-refractivity contribution < 1.29 is 4.79 Å². The molecule has 6 nitrogen and oxygen atoms in total. The Morgan fingerprint density at radius 3 is 2.62 bits per heavy atom. The number of hydrazone groups is 1. The number of rotatable bonds is 4. The fourth-order valence-electron chi connectivity index (χ4n) is 2.23. The minimum atomic E-state index is -0.312. The monoisotopic (exact) mass is 384 g/mol. The predicted molar refractivity (Wildman–Crippen MR) is 95.9 cm³/mol. The zero-order valence-corrected chi connectivity index (χ0v) is 14.1. The van der Waals surface area contributed by atoms with Gasteiger partial charge in [0.15, 0.2) is 0 Å². The number of aromatic amines is 1. The summed E-state index contributed by atoms with van der Waals surface area (Å²) in [5.41, 5.74) is 3.55. The van der Waals surface area contributed by atoms with Gasteiger partial charge in [0.2, 0.25) is 5.91 Å². The maximum absolute atomic E-state index is 12.0. The first kappa shape index (κ1) is 16.1. The highest BCUT2D eigenvalue weighted by atomic mass is 79.9. The van der Waals surface area contributed by atoms with Crippen molar-refractivity contribution in [3.8, 4) is 0 Å². The molecule has 0 aliphatic carbocycles. The Labute approximate surface area is 145 Å². The summed E-state index contributed by atoms with van der Waals surface area (Å²) in [4.78, 5) is 23.7. The van der Waals surface area contributed by atoms with Crippen LogP contribution < -0.4 is 11.0 Å². The van der Waals surface area contributed by atoms with Gasteiger partial charge in [-0.3, -0.25) is 9.59 Å². The molecule has 0 fully saturated rings. The quantitative estimate of drug-likeness (QED) is 0.534. The van der Waals surface area contributed by atoms with Crippen molar-refractivity contribution in [2.24, 2.45) is 5.10 Å². The smallest absolute Gasteiger partial charge is 0.272 e. The molecule has 2 N–H and O–H groups in total. The molecule has 1 heterocycles. The van der Waals surface area contributed by atoms with Gasteiger partial charge in [0.25, 0.3) is 5.56 Å². The van der Waals surface area contributed by atoms with E-state index in [1.165, 1.54) is 0 Å². The van der Waals surface area contributed by atoms with Crippen LogP contribution in [-0.4, -0.2) is 22.3 Å². The molecule has 0 aliphatic heterocycles. The summed E-state index contributed by atoms with van der Waals surface area (Å²) < 4.78 is 0.972. The van der Waals surface area contributed by atoms with Crippen LogP contribution in [0, 0.1) is 0 Å². The van der Waals surface area contributed by atoms with Gasteiger partial charge in [-0.25, -0.2) is 10.5 Å². The van der Waals surface area contributed by atoms with E-state index in [4.69, 9.17) is 0 Å². The van der Waals surface area contributed by atoms with Crippen molar-refractivity contribution >= 4 is 38.8 Å². The van der Waals surface area contributed by atoms with Gasteiger partial charge in [0.1, 0.15) is 0 Å². The highest BCUT2D eigenvalue weighted by Crippen LogP contribution is 2.12. The Kier molecular flexibility index (Phi) is 4.81. The highest BCUT2D eigenvalue weighted by Gasteiger charge is 2.09. The first-order chi connectivity index (χ1) is 11.6. The van der Waals surface area contributed by atoms with Gasteiger partial charge >= 0.3 is 0 Å². The molecule has 7 heteroatoms. The maximum Gasteiger partial charge on any atom is 0.272 e. The van der Waals surface area contributed by atoms with Crippen LogP contribution in [0.4, 0.5) is 0 Å². The first-order valence-electron chi connectivity index (χ1n) is 7.17. The van der Waals surface area contributed by atoms with Crippen molar-refractivity contribution in [3.63, 3.8) is 0 Å². The third kappa shape index (κ3) is 3.75. The standard InChI is InChI=1S/C17H13BrN4O2/c18-12-7-5-11(6-8-12)10-19-21-16(23)9-15-13-3-1-2-4-14(13)17(24)22-20-15/h1-8,10H,9H2,(H,21,23)(H,22,24)/b19-10+. The molecule has 0 aliphatic rings. The molecule has 0 spiro atoms. The number of carbonyl (C=O) groups is 1. The fraction of sp³-hybridized carbons (Fsp3) is 0.0588. The number of nitrogens with one attached hydrogen (secondary N) is 2. The van der Waals surface area contributed by atoms with Crippen LogP contribution in [0.5, 0.6) is 0 Å². The summed E-state index contributed by atoms with van der Waals surface area (Å²) in [5, 5.41) is 11.5. The van der Waals surface area contributed by atoms with E-state index in [1.807, 2.05) is 24.3 Å². The normalized spacial score (nSPS) is 11.0. The van der Waals surface area contributed by atoms with Gasteiger partial charge in [0, 0.05) is 9.86 Å². The Bertz CT molecular complexity index is 964. The van der Waals surface area contributed by atoms with Gasteiger partial charge in [-0.05, 0) is 23.8 Å². The van der Waals surface area contributed by atoms with Gasteiger partial charge in [-0.1, -0.05) is 46.3 Å². The Hall–Kier alpha value is -2.80. The lowest BCUT2D eigenvalue weighted by Crippen LogP contribution is -2.22. The second-order valence-corrected chi connectivity index (χ2v) is 5.98. The van der Waals surface area contributed by atoms with Crippen LogP contribution in [0.3, 0.4) is 0 Å². The molecule has 3 aromatic rings. The molecule has 0 bridgehead atoms. The number of carbonyl (C=O) groups excluding carboxylic acids is 1. The Balaban J connectivity index is 1.70. The average molecular weight is 385 g/mol. The summed E-state index contributed by atoms with van der Waals surface area (Å²) in [6.45, 7) is 0. The first-order valence-corrected chi connectivity index (χ1v) is 7.96. The third-order valence-corrected chi connectivity index (χ3v) is 3.90. The van der Waals surface area contributed by atoms with E-state index < -0.39 is 0 Å². The van der Waals surface area contributed by atoms with E-state index in [2.05, 4.69) is 36.7 Å². The molecule has 120 valence electrons. The van der Waals surface area contributed by atoms with Gasteiger partial charge in [-0.15, -0.1) is 0 Å². The Morgan fingerprint density at radius 1 is 1.17 bits per heavy atom. The lowest BCUT2D eigenvalue weighted by atomic mass is 10.1. The molecule has 0 radical (unpaired) electrons. The molecule has 1 aromatic heterocycles. The lowest BCUT2D eigenvalue weighted by molar-refractivity contribution is -0.120. The number of amides is 1. The number of benzene rings is 2. The summed E-state index contributed by atoms with van der Waals surface area (Å²) in [5.74, 6) is -0.312. The fourth-order valence-corrected chi connectivity index (χ4v) is 2.49. The topological polar surface area (TPSA) is 87.2 Å². The molecule has 3 rings (SSSR count). The minimum Gasteiger partial charge on any atom is -0.273 e. The van der Waals surface area contributed by atoms with Crippen molar-refractivity contribution in [2.45, 2.75) is 6.42 Å². The summed E-state index contributed by atoms with van der Waals surface area (Å²) >= 11 is 3.35. The molecule has 24 heavy (non-hydrogen) atoms. The number of fused-ring (bicyclic) bond motifs is 1. The molecular formula is C17H13BrN4O2. The van der Waals surface area contributed by atoms with E-state index in [-0.39, 0.29) is 17.9 Å². The number of hydrogen-bond acceptors (Lipinski definition) is 4. The van der Waals surface area contributed by atoms with Crippen molar-refractivity contribution in [1.82, 2.24) is 15.6 Å². The van der Waals surface area contributed by atoms with Crippen LogP contribution in [0.15, 0.2) is 62.9 Å². The van der Waals surface area contributed by atoms with E-state index >= 15 is 0 Å². The van der Waals surface area contributed by atoms with Gasteiger partial charge < -0.3 is 0 Å². The largest absolute Gasteiger partial charge is 0.273 e.